The summed E-state index contributed by atoms with van der Waals surface area (Å²) in [5, 5.41) is 11.0. The van der Waals surface area contributed by atoms with E-state index in [4.69, 9.17) is 9.47 Å². The van der Waals surface area contributed by atoms with Crippen LogP contribution in [-0.2, 0) is 13.0 Å². The van der Waals surface area contributed by atoms with Gasteiger partial charge < -0.3 is 20.1 Å². The molecule has 1 unspecified atom stereocenters. The highest BCUT2D eigenvalue weighted by Gasteiger charge is 2.12. The molecule has 146 valence electrons. The van der Waals surface area contributed by atoms with Crippen molar-refractivity contribution < 1.29 is 9.47 Å². The molecule has 0 aliphatic rings. The normalized spacial score (nSPS) is 12.4. The molecule has 0 fully saturated rings. The predicted molar refractivity (Wildman–Crippen MR) is 114 cm³/mol. The Morgan fingerprint density at radius 2 is 2.11 bits per heavy atom. The molecule has 6 heteroatoms. The highest BCUT2D eigenvalue weighted by atomic mass is 32.1. The van der Waals surface area contributed by atoms with E-state index in [2.05, 4.69) is 52.0 Å². The largest absolute Gasteiger partial charge is 0.493 e. The maximum atomic E-state index is 5.49. The van der Waals surface area contributed by atoms with Crippen molar-refractivity contribution in [1.82, 2.24) is 10.6 Å². The number of nitrogens with one attached hydrogen (secondary N) is 2. The number of methoxy groups -OCH3 is 2. The number of ether oxygens (including phenoxy) is 2. The van der Waals surface area contributed by atoms with Gasteiger partial charge in [0, 0.05) is 25.7 Å². The van der Waals surface area contributed by atoms with Crippen LogP contribution in [0.1, 0.15) is 29.5 Å². The summed E-state index contributed by atoms with van der Waals surface area (Å²) in [7, 11) is 5.09. The van der Waals surface area contributed by atoms with Crippen molar-refractivity contribution in [1.29, 1.82) is 0 Å². The molecule has 5 nitrogen and oxygen atoms in total. The summed E-state index contributed by atoms with van der Waals surface area (Å²) >= 11 is 1.72. The molecule has 1 aromatic heterocycles. The van der Waals surface area contributed by atoms with E-state index in [0.717, 1.165) is 41.6 Å². The summed E-state index contributed by atoms with van der Waals surface area (Å²) in [5.41, 5.74) is 3.49. The number of guanidine groups is 1. The van der Waals surface area contributed by atoms with Gasteiger partial charge in [-0.3, -0.25) is 4.99 Å². The van der Waals surface area contributed by atoms with Gasteiger partial charge in [-0.05, 0) is 52.4 Å². The fourth-order valence-electron chi connectivity index (χ4n) is 2.85. The molecule has 2 aromatic rings. The fraction of sp³-hybridized carbons (Fsp3) is 0.381. The molecule has 0 spiro atoms. The summed E-state index contributed by atoms with van der Waals surface area (Å²) in [6, 6.07) is 6.26. The third-order valence-corrected chi connectivity index (χ3v) is 5.05. The van der Waals surface area contributed by atoms with Crippen molar-refractivity contribution in [3.63, 3.8) is 0 Å². The molecular formula is C21H29N3O2S. The summed E-state index contributed by atoms with van der Waals surface area (Å²) in [5.74, 6) is 2.68. The Kier molecular flexibility index (Phi) is 8.20. The van der Waals surface area contributed by atoms with Crippen LogP contribution in [-0.4, -0.2) is 33.8 Å². The number of thiophene rings is 1. The van der Waals surface area contributed by atoms with E-state index in [0.29, 0.717) is 12.5 Å². The van der Waals surface area contributed by atoms with Gasteiger partial charge in [0.1, 0.15) is 0 Å². The van der Waals surface area contributed by atoms with E-state index in [9.17, 15) is 0 Å². The average molecular weight is 388 g/mol. The minimum atomic E-state index is 0.426. The first kappa shape index (κ1) is 20.8. The molecule has 2 N–H and O–H groups in total. The van der Waals surface area contributed by atoms with E-state index in [1.807, 2.05) is 12.1 Å². The first-order chi connectivity index (χ1) is 13.1. The number of allylic oxidation sites excluding steroid dienone is 1. The molecule has 0 aliphatic carbocycles. The van der Waals surface area contributed by atoms with Gasteiger partial charge in [0.15, 0.2) is 17.5 Å². The molecule has 0 radical (unpaired) electrons. The number of nitrogens with zero attached hydrogens (tertiary/aromatic N) is 1. The molecule has 1 heterocycles. The minimum Gasteiger partial charge on any atom is -0.493 e. The lowest BCUT2D eigenvalue weighted by Gasteiger charge is -2.17. The molecule has 0 saturated heterocycles. The van der Waals surface area contributed by atoms with Crippen LogP contribution in [0.15, 0.2) is 46.6 Å². The predicted octanol–water partition coefficient (Wildman–Crippen LogP) is 3.96. The summed E-state index contributed by atoms with van der Waals surface area (Å²) in [4.78, 5) is 4.32. The van der Waals surface area contributed by atoms with Crippen molar-refractivity contribution in [3.8, 4) is 11.5 Å². The Morgan fingerprint density at radius 3 is 2.70 bits per heavy atom. The molecule has 1 atom stereocenters. The molecule has 0 saturated carbocycles. The van der Waals surface area contributed by atoms with Crippen molar-refractivity contribution in [2.75, 3.05) is 27.8 Å². The van der Waals surface area contributed by atoms with E-state index in [-0.39, 0.29) is 0 Å². The standard InChI is InChI=1S/C21H29N3O2S/c1-6-7-17-10-16(11-19(25-4)20(17)26-5)13-24-21(22-3)23-12-15(2)18-8-9-27-14-18/h6,8-11,14-15H,1,7,12-13H2,2-5H3,(H2,22,23,24). The van der Waals surface area contributed by atoms with Gasteiger partial charge in [0.2, 0.25) is 0 Å². The van der Waals surface area contributed by atoms with E-state index in [1.165, 1.54) is 5.56 Å². The number of aliphatic imine (C=N–C) groups is 1. The first-order valence-corrected chi connectivity index (χ1v) is 9.88. The molecule has 1 aromatic carbocycles. The second kappa shape index (κ2) is 10.6. The zero-order valence-corrected chi connectivity index (χ0v) is 17.4. The van der Waals surface area contributed by atoms with E-state index < -0.39 is 0 Å². The number of hydrogen-bond donors (Lipinski definition) is 2. The van der Waals surface area contributed by atoms with Crippen LogP contribution >= 0.6 is 11.3 Å². The average Bonchev–Trinajstić information content (AvgIpc) is 3.22. The Hall–Kier alpha value is -2.47. The smallest absolute Gasteiger partial charge is 0.191 e. The Morgan fingerprint density at radius 1 is 1.30 bits per heavy atom. The van der Waals surface area contributed by atoms with Crippen molar-refractivity contribution in [2.45, 2.75) is 25.8 Å². The summed E-state index contributed by atoms with van der Waals surface area (Å²) in [6.07, 6.45) is 2.58. The minimum absolute atomic E-state index is 0.426. The van der Waals surface area contributed by atoms with Gasteiger partial charge in [-0.15, -0.1) is 6.58 Å². The molecule has 2 rings (SSSR count). The second-order valence-electron chi connectivity index (χ2n) is 6.25. The van der Waals surface area contributed by atoms with Crippen LogP contribution in [0, 0.1) is 0 Å². The van der Waals surface area contributed by atoms with Crippen LogP contribution < -0.4 is 20.1 Å². The summed E-state index contributed by atoms with van der Waals surface area (Å²) < 4.78 is 11.0. The lowest BCUT2D eigenvalue weighted by Crippen LogP contribution is -2.38. The number of benzene rings is 1. The maximum Gasteiger partial charge on any atom is 0.191 e. The molecule has 27 heavy (non-hydrogen) atoms. The highest BCUT2D eigenvalue weighted by molar-refractivity contribution is 7.07. The van der Waals surface area contributed by atoms with Gasteiger partial charge in [-0.2, -0.15) is 11.3 Å². The van der Waals surface area contributed by atoms with Crippen molar-refractivity contribution in [2.24, 2.45) is 4.99 Å². The Bertz CT molecular complexity index is 757. The molecule has 0 bridgehead atoms. The van der Waals surface area contributed by atoms with Gasteiger partial charge in [0.05, 0.1) is 14.2 Å². The monoisotopic (exact) mass is 387 g/mol. The number of hydrogen-bond acceptors (Lipinski definition) is 4. The molecule has 0 amide bonds. The summed E-state index contributed by atoms with van der Waals surface area (Å²) in [6.45, 7) is 7.49. The number of rotatable bonds is 9. The quantitative estimate of drug-likeness (QED) is 0.388. The lowest BCUT2D eigenvalue weighted by molar-refractivity contribution is 0.352. The van der Waals surface area contributed by atoms with Crippen LogP contribution in [0.5, 0.6) is 11.5 Å². The van der Waals surface area contributed by atoms with Gasteiger partial charge in [0.25, 0.3) is 0 Å². The fourth-order valence-corrected chi connectivity index (χ4v) is 3.63. The van der Waals surface area contributed by atoms with Gasteiger partial charge in [-0.1, -0.05) is 13.0 Å². The SMILES string of the molecule is C=CCc1cc(CNC(=NC)NCC(C)c2ccsc2)cc(OC)c1OC. The Labute approximate surface area is 166 Å². The van der Waals surface area contributed by atoms with Crippen LogP contribution in [0.25, 0.3) is 0 Å². The van der Waals surface area contributed by atoms with E-state index in [1.54, 1.807) is 32.6 Å². The lowest BCUT2D eigenvalue weighted by atomic mass is 10.1. The van der Waals surface area contributed by atoms with Crippen LogP contribution in [0.2, 0.25) is 0 Å². The molecule has 0 aliphatic heterocycles. The maximum absolute atomic E-state index is 5.49. The van der Waals surface area contributed by atoms with Crippen LogP contribution in [0.3, 0.4) is 0 Å². The van der Waals surface area contributed by atoms with Crippen LogP contribution in [0.4, 0.5) is 0 Å². The van der Waals surface area contributed by atoms with Gasteiger partial charge in [-0.25, -0.2) is 0 Å². The second-order valence-corrected chi connectivity index (χ2v) is 7.03. The first-order valence-electron chi connectivity index (χ1n) is 8.94. The van der Waals surface area contributed by atoms with Crippen molar-refractivity contribution in [3.05, 3.63) is 58.3 Å². The third-order valence-electron chi connectivity index (χ3n) is 4.35. The topological polar surface area (TPSA) is 54.9 Å². The zero-order chi connectivity index (χ0) is 19.6. The zero-order valence-electron chi connectivity index (χ0n) is 16.5. The Balaban J connectivity index is 2.01. The van der Waals surface area contributed by atoms with Crippen molar-refractivity contribution >= 4 is 17.3 Å². The third kappa shape index (κ3) is 5.76. The highest BCUT2D eigenvalue weighted by Crippen LogP contribution is 2.33. The van der Waals surface area contributed by atoms with Gasteiger partial charge >= 0.3 is 0 Å². The van der Waals surface area contributed by atoms with E-state index >= 15 is 0 Å². The molecular weight excluding hydrogens is 358 g/mol.